The Morgan fingerprint density at radius 3 is 2.36 bits per heavy atom. The number of rotatable bonds is 5. The summed E-state index contributed by atoms with van der Waals surface area (Å²) in [6, 6.07) is 19.0. The number of hydrogen-bond acceptors (Lipinski definition) is 3. The molecule has 1 unspecified atom stereocenters. The maximum absolute atomic E-state index is 12.9. The van der Waals surface area contributed by atoms with Crippen molar-refractivity contribution < 1.29 is 8.42 Å². The van der Waals surface area contributed by atoms with Crippen LogP contribution in [0, 0.1) is 6.92 Å². The first-order valence-corrected chi connectivity index (χ1v) is 9.58. The number of pyridine rings is 1. The third-order valence-corrected chi connectivity index (χ3v) is 5.67. The molecule has 25 heavy (non-hydrogen) atoms. The molecule has 2 aromatic carbocycles. The normalized spacial score (nSPS) is 12.7. The molecule has 0 radical (unpaired) electrons. The van der Waals surface area contributed by atoms with E-state index < -0.39 is 16.1 Å². The van der Waals surface area contributed by atoms with Gasteiger partial charge in [-0.1, -0.05) is 54.1 Å². The lowest BCUT2D eigenvalue weighted by molar-refractivity contribution is 0.570. The van der Waals surface area contributed by atoms with E-state index in [-0.39, 0.29) is 9.92 Å². The molecule has 0 aliphatic heterocycles. The third kappa shape index (κ3) is 4.07. The van der Waals surface area contributed by atoms with E-state index in [1.165, 1.54) is 6.07 Å². The molecule has 1 N–H and O–H groups in total. The number of benzene rings is 2. The van der Waals surface area contributed by atoms with Crippen molar-refractivity contribution in [1.29, 1.82) is 0 Å². The zero-order valence-corrected chi connectivity index (χ0v) is 15.1. The fourth-order valence-electron chi connectivity index (χ4n) is 2.53. The number of halogens is 1. The van der Waals surface area contributed by atoms with Gasteiger partial charge in [0.1, 0.15) is 4.90 Å². The van der Waals surface area contributed by atoms with E-state index in [1.807, 2.05) is 43.3 Å². The Morgan fingerprint density at radius 2 is 1.72 bits per heavy atom. The van der Waals surface area contributed by atoms with Gasteiger partial charge in [-0.05, 0) is 42.3 Å². The van der Waals surface area contributed by atoms with Crippen LogP contribution in [0.15, 0.2) is 77.8 Å². The van der Waals surface area contributed by atoms with Gasteiger partial charge in [0.15, 0.2) is 0 Å². The Labute approximate surface area is 152 Å². The van der Waals surface area contributed by atoms with Gasteiger partial charge in [-0.15, -0.1) is 0 Å². The molecule has 6 heteroatoms. The largest absolute Gasteiger partial charge is 0.259 e. The number of aromatic nitrogens is 1. The molecule has 3 aromatic rings. The average molecular weight is 373 g/mol. The average Bonchev–Trinajstić information content (AvgIpc) is 2.61. The van der Waals surface area contributed by atoms with E-state index in [4.69, 9.17) is 11.6 Å². The van der Waals surface area contributed by atoms with Gasteiger partial charge < -0.3 is 0 Å². The summed E-state index contributed by atoms with van der Waals surface area (Å²) in [6.45, 7) is 1.86. The fourth-order valence-corrected chi connectivity index (χ4v) is 4.33. The van der Waals surface area contributed by atoms with Gasteiger partial charge in [-0.2, -0.15) is 4.72 Å². The number of nitrogens with one attached hydrogen (secondary N) is 1. The molecule has 3 rings (SSSR count). The first-order chi connectivity index (χ1) is 12.0. The number of nitrogens with zero attached hydrogens (tertiary/aromatic N) is 1. The van der Waals surface area contributed by atoms with Crippen LogP contribution in [0.1, 0.15) is 22.9 Å². The van der Waals surface area contributed by atoms with E-state index in [0.717, 1.165) is 11.1 Å². The topological polar surface area (TPSA) is 59.1 Å². The van der Waals surface area contributed by atoms with Crippen LogP contribution >= 0.6 is 11.6 Å². The molecular weight excluding hydrogens is 356 g/mol. The minimum atomic E-state index is -3.83. The minimum absolute atomic E-state index is 0.0524. The molecule has 0 amide bonds. The van der Waals surface area contributed by atoms with Crippen molar-refractivity contribution in [3.63, 3.8) is 0 Å². The van der Waals surface area contributed by atoms with E-state index in [9.17, 15) is 8.42 Å². The zero-order valence-electron chi connectivity index (χ0n) is 13.6. The standard InChI is InChI=1S/C19H17ClN2O2S/c1-14-10-11-18(16(20)13-14)25(23,24)22-19(15-7-3-2-4-8-15)17-9-5-6-12-21-17/h2-13,19,22H,1H3. The van der Waals surface area contributed by atoms with Crippen LogP contribution in [0.25, 0.3) is 0 Å². The van der Waals surface area contributed by atoms with Crippen molar-refractivity contribution in [2.24, 2.45) is 0 Å². The fraction of sp³-hybridized carbons (Fsp3) is 0.105. The number of aryl methyl sites for hydroxylation is 1. The smallest absolute Gasteiger partial charge is 0.242 e. The van der Waals surface area contributed by atoms with Crippen molar-refractivity contribution in [1.82, 2.24) is 9.71 Å². The lowest BCUT2D eigenvalue weighted by Crippen LogP contribution is -2.30. The molecule has 0 aliphatic carbocycles. The molecular formula is C19H17ClN2O2S. The van der Waals surface area contributed by atoms with Crippen molar-refractivity contribution in [2.45, 2.75) is 17.9 Å². The van der Waals surface area contributed by atoms with E-state index >= 15 is 0 Å². The van der Waals surface area contributed by atoms with Crippen LogP contribution in [0.4, 0.5) is 0 Å². The Balaban J connectivity index is 2.03. The van der Waals surface area contributed by atoms with E-state index in [1.54, 1.807) is 30.5 Å². The Bertz CT molecular complexity index is 922. The summed E-state index contributed by atoms with van der Waals surface area (Å²) in [6.07, 6.45) is 1.64. The summed E-state index contributed by atoms with van der Waals surface area (Å²) in [7, 11) is -3.83. The number of hydrogen-bond donors (Lipinski definition) is 1. The van der Waals surface area contributed by atoms with Crippen molar-refractivity contribution in [3.05, 3.63) is 94.8 Å². The quantitative estimate of drug-likeness (QED) is 0.733. The van der Waals surface area contributed by atoms with Crippen molar-refractivity contribution in [3.8, 4) is 0 Å². The van der Waals surface area contributed by atoms with Crippen molar-refractivity contribution >= 4 is 21.6 Å². The van der Waals surface area contributed by atoms with E-state index in [2.05, 4.69) is 9.71 Å². The predicted molar refractivity (Wildman–Crippen MR) is 99.0 cm³/mol. The summed E-state index contributed by atoms with van der Waals surface area (Å²) in [5, 5.41) is 0.195. The highest BCUT2D eigenvalue weighted by Crippen LogP contribution is 2.27. The maximum Gasteiger partial charge on any atom is 0.242 e. The molecule has 0 fully saturated rings. The third-order valence-electron chi connectivity index (χ3n) is 3.77. The van der Waals surface area contributed by atoms with E-state index in [0.29, 0.717) is 5.69 Å². The second-order valence-corrected chi connectivity index (χ2v) is 7.74. The summed E-state index contributed by atoms with van der Waals surface area (Å²) < 4.78 is 28.5. The lowest BCUT2D eigenvalue weighted by atomic mass is 10.0. The van der Waals surface area contributed by atoms with Crippen LogP contribution < -0.4 is 4.72 Å². The van der Waals surface area contributed by atoms with Crippen LogP contribution in [0.3, 0.4) is 0 Å². The summed E-state index contributed by atoms with van der Waals surface area (Å²) in [4.78, 5) is 4.36. The minimum Gasteiger partial charge on any atom is -0.259 e. The highest BCUT2D eigenvalue weighted by Gasteiger charge is 2.25. The van der Waals surface area contributed by atoms with Gasteiger partial charge in [0.2, 0.25) is 10.0 Å². The van der Waals surface area contributed by atoms with Gasteiger partial charge in [0, 0.05) is 6.20 Å². The molecule has 0 bridgehead atoms. The molecule has 1 aromatic heterocycles. The Hall–Kier alpha value is -2.21. The molecule has 1 heterocycles. The lowest BCUT2D eigenvalue weighted by Gasteiger charge is -2.19. The Morgan fingerprint density at radius 1 is 1.00 bits per heavy atom. The molecule has 0 aliphatic rings. The zero-order chi connectivity index (χ0) is 17.9. The number of sulfonamides is 1. The second-order valence-electron chi connectivity index (χ2n) is 5.65. The second kappa shape index (κ2) is 7.35. The van der Waals surface area contributed by atoms with Gasteiger partial charge in [0.25, 0.3) is 0 Å². The van der Waals surface area contributed by atoms with Gasteiger partial charge in [0.05, 0.1) is 16.8 Å². The summed E-state index contributed by atoms with van der Waals surface area (Å²) in [5.74, 6) is 0. The Kier molecular flexibility index (Phi) is 5.18. The van der Waals surface area contributed by atoms with Crippen LogP contribution in [-0.4, -0.2) is 13.4 Å². The first kappa shape index (κ1) is 17.6. The van der Waals surface area contributed by atoms with Gasteiger partial charge >= 0.3 is 0 Å². The van der Waals surface area contributed by atoms with Crippen LogP contribution in [0.2, 0.25) is 5.02 Å². The highest BCUT2D eigenvalue weighted by molar-refractivity contribution is 7.89. The van der Waals surface area contributed by atoms with Crippen molar-refractivity contribution in [2.75, 3.05) is 0 Å². The first-order valence-electron chi connectivity index (χ1n) is 7.72. The highest BCUT2D eigenvalue weighted by atomic mass is 35.5. The van der Waals surface area contributed by atoms with Gasteiger partial charge in [-0.25, -0.2) is 8.42 Å². The molecule has 0 saturated carbocycles. The van der Waals surface area contributed by atoms with Crippen LogP contribution in [-0.2, 0) is 10.0 Å². The molecule has 0 spiro atoms. The molecule has 128 valence electrons. The molecule has 0 saturated heterocycles. The summed E-state index contributed by atoms with van der Waals surface area (Å²) >= 11 is 6.15. The monoisotopic (exact) mass is 372 g/mol. The molecule has 1 atom stereocenters. The summed E-state index contributed by atoms with van der Waals surface area (Å²) in [5.41, 5.74) is 2.31. The van der Waals surface area contributed by atoms with Crippen LogP contribution in [0.5, 0.6) is 0 Å². The maximum atomic E-state index is 12.9. The van der Waals surface area contributed by atoms with Gasteiger partial charge in [-0.3, -0.25) is 4.98 Å². The SMILES string of the molecule is Cc1ccc(S(=O)(=O)NC(c2ccccc2)c2ccccn2)c(Cl)c1. The predicted octanol–water partition coefficient (Wildman–Crippen LogP) is 4.11. The molecule has 4 nitrogen and oxygen atoms in total.